The van der Waals surface area contributed by atoms with Crippen molar-refractivity contribution >= 4 is 21.9 Å². The highest BCUT2D eigenvalue weighted by Gasteiger charge is 2.17. The topological polar surface area (TPSA) is 75.6 Å². The van der Waals surface area contributed by atoms with Crippen LogP contribution in [0.25, 0.3) is 89.5 Å². The van der Waals surface area contributed by atoms with E-state index in [-0.39, 0.29) is 0 Å². The fraction of sp³-hybridized carbons (Fsp3) is 0.0213. The van der Waals surface area contributed by atoms with E-state index in [2.05, 4.69) is 78.9 Å². The Morgan fingerprint density at radius 3 is 1.75 bits per heavy atom. The molecular weight excluding hydrogens is 637 g/mol. The summed E-state index contributed by atoms with van der Waals surface area (Å²) in [7, 11) is 0. The van der Waals surface area contributed by atoms with Crippen LogP contribution in [0.1, 0.15) is 11.1 Å². The first-order valence-corrected chi connectivity index (χ1v) is 17.2. The van der Waals surface area contributed by atoms with Crippen LogP contribution in [0, 0.1) is 18.3 Å². The van der Waals surface area contributed by atoms with Gasteiger partial charge in [-0.1, -0.05) is 127 Å². The van der Waals surface area contributed by atoms with E-state index >= 15 is 0 Å². The SMILES string of the molecule is Cc1cc(C#N)cc(-c2ccc(-c3nc(-c4ccccc4)nc(-c4ccc5c(c4)oc4cccc(-c6cccc(-c7ccccc7)c6)c45)n3)cc2)c1. The summed E-state index contributed by atoms with van der Waals surface area (Å²) in [5.41, 5.74) is 12.5. The number of hydrogen-bond acceptors (Lipinski definition) is 5. The minimum absolute atomic E-state index is 0.559. The molecule has 0 unspecified atom stereocenters. The molecule has 2 heterocycles. The minimum Gasteiger partial charge on any atom is -0.456 e. The van der Waals surface area contributed by atoms with E-state index in [0.717, 1.165) is 66.4 Å². The molecule has 5 heteroatoms. The van der Waals surface area contributed by atoms with Crippen LogP contribution in [0.3, 0.4) is 0 Å². The van der Waals surface area contributed by atoms with Crippen LogP contribution < -0.4 is 0 Å². The number of benzene rings is 7. The molecule has 0 aliphatic carbocycles. The standard InChI is InChI=1S/C47H30N4O/c1-30-24-31(29-48)26-39(25-30)33-18-20-35(21-19-33)46-49-45(34-12-6-3-7-13-34)50-47(51-46)38-22-23-41-43(28-38)52-42-17-9-16-40(44(41)42)37-15-8-14-36(27-37)32-10-4-2-5-11-32/h2-28H,1H3. The number of aromatic nitrogens is 3. The molecule has 7 aromatic carbocycles. The highest BCUT2D eigenvalue weighted by molar-refractivity contribution is 6.13. The lowest BCUT2D eigenvalue weighted by Gasteiger charge is -2.10. The van der Waals surface area contributed by atoms with E-state index in [0.29, 0.717) is 23.0 Å². The molecule has 52 heavy (non-hydrogen) atoms. The van der Waals surface area contributed by atoms with Gasteiger partial charge in [-0.3, -0.25) is 0 Å². The molecule has 9 aromatic rings. The molecule has 0 spiro atoms. The number of rotatable bonds is 6. The summed E-state index contributed by atoms with van der Waals surface area (Å²) in [5, 5.41) is 11.6. The van der Waals surface area contributed by atoms with Gasteiger partial charge in [0.2, 0.25) is 0 Å². The molecule has 0 aliphatic heterocycles. The molecule has 0 atom stereocenters. The van der Waals surface area contributed by atoms with E-state index in [1.807, 2.05) is 97.9 Å². The molecule has 2 aromatic heterocycles. The quantitative estimate of drug-likeness (QED) is 0.176. The normalized spacial score (nSPS) is 11.2. The van der Waals surface area contributed by atoms with Crippen LogP contribution >= 0.6 is 0 Å². The van der Waals surface area contributed by atoms with Crippen molar-refractivity contribution in [1.29, 1.82) is 5.26 Å². The third kappa shape index (κ3) is 5.79. The first-order valence-electron chi connectivity index (χ1n) is 17.2. The van der Waals surface area contributed by atoms with Gasteiger partial charge in [-0.2, -0.15) is 5.26 Å². The molecule has 244 valence electrons. The molecule has 9 rings (SSSR count). The second-order valence-electron chi connectivity index (χ2n) is 12.9. The molecule has 0 saturated carbocycles. The van der Waals surface area contributed by atoms with Crippen molar-refractivity contribution in [2.45, 2.75) is 6.92 Å². The smallest absolute Gasteiger partial charge is 0.164 e. The highest BCUT2D eigenvalue weighted by Crippen LogP contribution is 2.39. The fourth-order valence-corrected chi connectivity index (χ4v) is 6.88. The van der Waals surface area contributed by atoms with Crippen molar-refractivity contribution in [3.63, 3.8) is 0 Å². The first-order chi connectivity index (χ1) is 25.6. The number of aryl methyl sites for hydroxylation is 1. The lowest BCUT2D eigenvalue weighted by atomic mass is 9.96. The van der Waals surface area contributed by atoms with Crippen molar-refractivity contribution in [3.05, 3.63) is 175 Å². The van der Waals surface area contributed by atoms with Crippen LogP contribution in [0.5, 0.6) is 0 Å². The Labute approximate surface area is 301 Å². The van der Waals surface area contributed by atoms with Gasteiger partial charge in [0, 0.05) is 27.5 Å². The van der Waals surface area contributed by atoms with E-state index in [1.165, 1.54) is 11.1 Å². The van der Waals surface area contributed by atoms with E-state index in [4.69, 9.17) is 19.4 Å². The van der Waals surface area contributed by atoms with Gasteiger partial charge in [0.25, 0.3) is 0 Å². The van der Waals surface area contributed by atoms with Crippen LogP contribution in [-0.4, -0.2) is 15.0 Å². The van der Waals surface area contributed by atoms with Crippen LogP contribution in [0.4, 0.5) is 0 Å². The molecular formula is C47H30N4O. The molecule has 0 saturated heterocycles. The van der Waals surface area contributed by atoms with Gasteiger partial charge in [0.15, 0.2) is 17.5 Å². The molecule has 0 radical (unpaired) electrons. The number of fused-ring (bicyclic) bond motifs is 3. The van der Waals surface area contributed by atoms with Crippen molar-refractivity contribution in [2.75, 3.05) is 0 Å². The Morgan fingerprint density at radius 2 is 1.02 bits per heavy atom. The van der Waals surface area contributed by atoms with E-state index in [1.54, 1.807) is 0 Å². The van der Waals surface area contributed by atoms with Gasteiger partial charge in [-0.25, -0.2) is 15.0 Å². The number of hydrogen-bond donors (Lipinski definition) is 0. The average molecular weight is 667 g/mol. The van der Waals surface area contributed by atoms with E-state index < -0.39 is 0 Å². The maximum atomic E-state index is 9.49. The van der Waals surface area contributed by atoms with Crippen molar-refractivity contribution in [2.24, 2.45) is 0 Å². The van der Waals surface area contributed by atoms with Gasteiger partial charge in [0.05, 0.1) is 11.6 Å². The lowest BCUT2D eigenvalue weighted by Crippen LogP contribution is -2.00. The summed E-state index contributed by atoms with van der Waals surface area (Å²) < 4.78 is 6.51. The summed E-state index contributed by atoms with van der Waals surface area (Å²) in [6, 6.07) is 57.8. The third-order valence-corrected chi connectivity index (χ3v) is 9.39. The first kappa shape index (κ1) is 30.9. The molecule has 0 bridgehead atoms. The summed E-state index contributed by atoms with van der Waals surface area (Å²) in [6.45, 7) is 2.00. The van der Waals surface area contributed by atoms with Gasteiger partial charge in [0.1, 0.15) is 11.2 Å². The Morgan fingerprint density at radius 1 is 0.442 bits per heavy atom. The minimum atomic E-state index is 0.559. The Kier molecular flexibility index (Phi) is 7.68. The molecule has 0 aliphatic rings. The Balaban J connectivity index is 1.13. The second-order valence-corrected chi connectivity index (χ2v) is 12.9. The average Bonchev–Trinajstić information content (AvgIpc) is 3.59. The number of nitriles is 1. The zero-order valence-corrected chi connectivity index (χ0v) is 28.3. The fourth-order valence-electron chi connectivity index (χ4n) is 6.88. The molecule has 0 fully saturated rings. The summed E-state index contributed by atoms with van der Waals surface area (Å²) in [4.78, 5) is 14.9. The Hall–Kier alpha value is -7.16. The van der Waals surface area contributed by atoms with Crippen LogP contribution in [0.2, 0.25) is 0 Å². The maximum absolute atomic E-state index is 9.49. The van der Waals surface area contributed by atoms with Gasteiger partial charge < -0.3 is 4.42 Å². The predicted molar refractivity (Wildman–Crippen MR) is 209 cm³/mol. The number of furan rings is 1. The largest absolute Gasteiger partial charge is 0.456 e. The predicted octanol–water partition coefficient (Wildman–Crippen LogP) is 12.0. The summed E-state index contributed by atoms with van der Waals surface area (Å²) in [5.74, 6) is 1.72. The zero-order chi connectivity index (χ0) is 35.0. The molecule has 0 amide bonds. The van der Waals surface area contributed by atoms with Gasteiger partial charge >= 0.3 is 0 Å². The molecule has 0 N–H and O–H groups in total. The monoisotopic (exact) mass is 666 g/mol. The van der Waals surface area contributed by atoms with Crippen molar-refractivity contribution in [3.8, 4) is 73.6 Å². The maximum Gasteiger partial charge on any atom is 0.164 e. The lowest BCUT2D eigenvalue weighted by molar-refractivity contribution is 0.669. The van der Waals surface area contributed by atoms with Gasteiger partial charge in [-0.15, -0.1) is 0 Å². The van der Waals surface area contributed by atoms with Crippen LogP contribution in [-0.2, 0) is 0 Å². The van der Waals surface area contributed by atoms with Crippen molar-refractivity contribution in [1.82, 2.24) is 15.0 Å². The summed E-state index contributed by atoms with van der Waals surface area (Å²) in [6.07, 6.45) is 0. The van der Waals surface area contributed by atoms with Crippen LogP contribution in [0.15, 0.2) is 168 Å². The summed E-state index contributed by atoms with van der Waals surface area (Å²) >= 11 is 0. The van der Waals surface area contributed by atoms with E-state index in [9.17, 15) is 5.26 Å². The molecule has 5 nitrogen and oxygen atoms in total. The van der Waals surface area contributed by atoms with Crippen molar-refractivity contribution < 1.29 is 4.42 Å². The second kappa shape index (κ2) is 12.9. The number of nitrogens with zero attached hydrogens (tertiary/aromatic N) is 4. The highest BCUT2D eigenvalue weighted by atomic mass is 16.3. The Bertz CT molecular complexity index is 2800. The third-order valence-electron chi connectivity index (χ3n) is 9.39. The zero-order valence-electron chi connectivity index (χ0n) is 28.3. The van der Waals surface area contributed by atoms with Gasteiger partial charge in [-0.05, 0) is 82.3 Å².